The van der Waals surface area contributed by atoms with Gasteiger partial charge in [-0.1, -0.05) is 6.07 Å². The van der Waals surface area contributed by atoms with Gasteiger partial charge in [-0.15, -0.1) is 0 Å². The van der Waals surface area contributed by atoms with Crippen LogP contribution in [-0.2, 0) is 32.3 Å². The van der Waals surface area contributed by atoms with Crippen molar-refractivity contribution in [2.24, 2.45) is 5.92 Å². The average molecular weight is 366 g/mol. The zero-order valence-corrected chi connectivity index (χ0v) is 14.7. The Bertz CT molecular complexity index is 775. The van der Waals surface area contributed by atoms with E-state index in [0.717, 1.165) is 19.3 Å². The van der Waals surface area contributed by atoms with E-state index in [1.807, 2.05) is 18.2 Å². The maximum Gasteiger partial charge on any atom is 0.276 e. The Labute approximate surface area is 147 Å². The van der Waals surface area contributed by atoms with Crippen LogP contribution in [0.2, 0.25) is 0 Å². The number of hydrogen-bond acceptors (Lipinski definition) is 5. The highest BCUT2D eigenvalue weighted by atomic mass is 32.2. The van der Waals surface area contributed by atoms with Crippen molar-refractivity contribution in [3.8, 4) is 5.75 Å². The maximum absolute atomic E-state index is 11.8. The van der Waals surface area contributed by atoms with Crippen molar-refractivity contribution in [1.82, 2.24) is 10.9 Å². The third kappa shape index (κ3) is 4.94. The number of rotatable bonds is 5. The van der Waals surface area contributed by atoms with Gasteiger partial charge in [0.2, 0.25) is 5.91 Å². The van der Waals surface area contributed by atoms with Crippen LogP contribution >= 0.6 is 0 Å². The Morgan fingerprint density at radius 3 is 2.64 bits per heavy atom. The molecule has 1 saturated heterocycles. The summed E-state index contributed by atoms with van der Waals surface area (Å²) in [6, 6.07) is 5.82. The Morgan fingerprint density at radius 2 is 1.88 bits per heavy atom. The van der Waals surface area contributed by atoms with Crippen molar-refractivity contribution in [1.29, 1.82) is 0 Å². The third-order valence-electron chi connectivity index (χ3n) is 4.58. The molecule has 0 spiro atoms. The highest BCUT2D eigenvalue weighted by Crippen LogP contribution is 2.26. The molecule has 1 aromatic rings. The number of fused-ring (bicyclic) bond motifs is 1. The zero-order chi connectivity index (χ0) is 17.9. The molecule has 2 amide bonds. The molecule has 1 aliphatic carbocycles. The van der Waals surface area contributed by atoms with Crippen LogP contribution in [0.3, 0.4) is 0 Å². The number of benzene rings is 1. The average Bonchev–Trinajstić information content (AvgIpc) is 3.16. The molecule has 0 saturated carbocycles. The third-order valence-corrected chi connectivity index (χ3v) is 6.42. The van der Waals surface area contributed by atoms with E-state index in [4.69, 9.17) is 4.74 Å². The van der Waals surface area contributed by atoms with Gasteiger partial charge in [0.25, 0.3) is 5.91 Å². The summed E-state index contributed by atoms with van der Waals surface area (Å²) >= 11 is 0. The first-order valence-corrected chi connectivity index (χ1v) is 10.3. The number of amides is 2. The zero-order valence-electron chi connectivity index (χ0n) is 13.9. The van der Waals surface area contributed by atoms with Gasteiger partial charge in [-0.05, 0) is 54.9 Å². The van der Waals surface area contributed by atoms with Gasteiger partial charge >= 0.3 is 0 Å². The molecule has 1 atom stereocenters. The second-order valence-corrected chi connectivity index (χ2v) is 8.87. The summed E-state index contributed by atoms with van der Waals surface area (Å²) in [5.74, 6) is -0.231. The molecule has 7 nitrogen and oxygen atoms in total. The molecule has 1 aliphatic heterocycles. The number of carbonyl (C=O) groups is 2. The second kappa shape index (κ2) is 7.43. The molecule has 8 heteroatoms. The Kier molecular flexibility index (Phi) is 5.27. The number of carbonyl (C=O) groups excluding carboxylic acids is 2. The predicted octanol–water partition coefficient (Wildman–Crippen LogP) is 0.526. The first-order chi connectivity index (χ1) is 11.9. The number of hydrogen-bond donors (Lipinski definition) is 2. The molecule has 1 aromatic carbocycles. The summed E-state index contributed by atoms with van der Waals surface area (Å²) in [4.78, 5) is 23.5. The molecule has 0 aromatic heterocycles. The Hall–Kier alpha value is -2.09. The van der Waals surface area contributed by atoms with Crippen molar-refractivity contribution >= 4 is 21.7 Å². The Morgan fingerprint density at radius 1 is 1.12 bits per heavy atom. The van der Waals surface area contributed by atoms with Gasteiger partial charge in [0.05, 0.1) is 11.5 Å². The number of ether oxygens (including phenoxy) is 1. The number of aryl methyl sites for hydroxylation is 2. The summed E-state index contributed by atoms with van der Waals surface area (Å²) in [6.07, 6.45) is 3.85. The van der Waals surface area contributed by atoms with Crippen LogP contribution in [0.1, 0.15) is 30.4 Å². The highest BCUT2D eigenvalue weighted by Gasteiger charge is 2.29. The van der Waals surface area contributed by atoms with Gasteiger partial charge in [0.15, 0.2) is 16.4 Å². The first-order valence-electron chi connectivity index (χ1n) is 8.44. The van der Waals surface area contributed by atoms with Crippen LogP contribution in [0, 0.1) is 5.92 Å². The van der Waals surface area contributed by atoms with Gasteiger partial charge in [0, 0.05) is 6.42 Å². The smallest absolute Gasteiger partial charge is 0.276 e. The van der Waals surface area contributed by atoms with Crippen molar-refractivity contribution in [2.75, 3.05) is 18.1 Å². The van der Waals surface area contributed by atoms with E-state index in [1.54, 1.807) is 0 Å². The van der Waals surface area contributed by atoms with Gasteiger partial charge < -0.3 is 4.74 Å². The molecule has 1 fully saturated rings. The summed E-state index contributed by atoms with van der Waals surface area (Å²) < 4.78 is 28.2. The standard InChI is InChI=1S/C17H22N2O5S/c20-16(8-12-6-7-25(22,23)11-12)18-19-17(21)10-24-15-5-4-13-2-1-3-14(13)9-15/h4-5,9,12H,1-3,6-8,10-11H2,(H,18,20)(H,19,21)/t12-/m0/s1. The first kappa shape index (κ1) is 17.7. The van der Waals surface area contributed by atoms with E-state index < -0.39 is 21.7 Å². The minimum absolute atomic E-state index is 0.0375. The fourth-order valence-electron chi connectivity index (χ4n) is 3.31. The molecule has 0 bridgehead atoms. The van der Waals surface area contributed by atoms with E-state index in [0.29, 0.717) is 12.2 Å². The minimum atomic E-state index is -3.00. The van der Waals surface area contributed by atoms with Crippen LogP contribution in [-0.4, -0.2) is 38.3 Å². The fourth-order valence-corrected chi connectivity index (χ4v) is 5.17. The number of sulfone groups is 1. The lowest BCUT2D eigenvalue weighted by Crippen LogP contribution is -2.44. The molecule has 25 heavy (non-hydrogen) atoms. The molecule has 0 radical (unpaired) electrons. The molecule has 1 heterocycles. The van der Waals surface area contributed by atoms with Crippen molar-refractivity contribution in [3.05, 3.63) is 29.3 Å². The number of nitrogens with one attached hydrogen (secondary N) is 2. The normalized spacial score (nSPS) is 20.7. The van der Waals surface area contributed by atoms with Crippen molar-refractivity contribution in [2.45, 2.75) is 32.1 Å². The van der Waals surface area contributed by atoms with Crippen LogP contribution in [0.25, 0.3) is 0 Å². The number of hydrazine groups is 1. The predicted molar refractivity (Wildman–Crippen MR) is 91.6 cm³/mol. The Balaban J connectivity index is 1.37. The summed E-state index contributed by atoms with van der Waals surface area (Å²) in [5, 5.41) is 0. The molecule has 0 unspecified atom stereocenters. The van der Waals surface area contributed by atoms with E-state index in [1.165, 1.54) is 11.1 Å². The van der Waals surface area contributed by atoms with Crippen LogP contribution in [0.5, 0.6) is 5.75 Å². The molecule has 136 valence electrons. The van der Waals surface area contributed by atoms with Crippen molar-refractivity contribution < 1.29 is 22.7 Å². The van der Waals surface area contributed by atoms with E-state index >= 15 is 0 Å². The minimum Gasteiger partial charge on any atom is -0.484 e. The SMILES string of the molecule is O=C(COc1ccc2c(c1)CCC2)NNC(=O)C[C@@H]1CCS(=O)(=O)C1. The van der Waals surface area contributed by atoms with Gasteiger partial charge in [-0.25, -0.2) is 8.42 Å². The topological polar surface area (TPSA) is 102 Å². The van der Waals surface area contributed by atoms with Gasteiger partial charge in [-0.2, -0.15) is 0 Å². The van der Waals surface area contributed by atoms with Crippen LogP contribution < -0.4 is 15.6 Å². The second-order valence-electron chi connectivity index (χ2n) is 6.64. The fraction of sp³-hybridized carbons (Fsp3) is 0.529. The lowest BCUT2D eigenvalue weighted by Gasteiger charge is -2.11. The largest absolute Gasteiger partial charge is 0.484 e. The maximum atomic E-state index is 11.8. The van der Waals surface area contributed by atoms with E-state index in [-0.39, 0.29) is 30.5 Å². The summed E-state index contributed by atoms with van der Waals surface area (Å²) in [6.45, 7) is -0.198. The summed E-state index contributed by atoms with van der Waals surface area (Å²) in [5.41, 5.74) is 7.18. The molecule has 2 aliphatic rings. The van der Waals surface area contributed by atoms with Crippen LogP contribution in [0.4, 0.5) is 0 Å². The quantitative estimate of drug-likeness (QED) is 0.740. The van der Waals surface area contributed by atoms with Crippen molar-refractivity contribution in [3.63, 3.8) is 0 Å². The van der Waals surface area contributed by atoms with E-state index in [9.17, 15) is 18.0 Å². The summed E-state index contributed by atoms with van der Waals surface area (Å²) in [7, 11) is -3.00. The van der Waals surface area contributed by atoms with Gasteiger partial charge in [-0.3, -0.25) is 20.4 Å². The molecule has 2 N–H and O–H groups in total. The molecular weight excluding hydrogens is 344 g/mol. The van der Waals surface area contributed by atoms with E-state index in [2.05, 4.69) is 10.9 Å². The monoisotopic (exact) mass is 366 g/mol. The molecule has 3 rings (SSSR count). The van der Waals surface area contributed by atoms with Gasteiger partial charge in [0.1, 0.15) is 5.75 Å². The lowest BCUT2D eigenvalue weighted by atomic mass is 10.1. The van der Waals surface area contributed by atoms with Crippen LogP contribution in [0.15, 0.2) is 18.2 Å². The highest BCUT2D eigenvalue weighted by molar-refractivity contribution is 7.91. The molecular formula is C17H22N2O5S. The lowest BCUT2D eigenvalue weighted by molar-refractivity contribution is -0.130.